The highest BCUT2D eigenvalue weighted by molar-refractivity contribution is 7.13. The van der Waals surface area contributed by atoms with Crippen LogP contribution in [0.15, 0.2) is 36.4 Å². The zero-order valence-electron chi connectivity index (χ0n) is 22.9. The van der Waals surface area contributed by atoms with Crippen LogP contribution in [0.25, 0.3) is 10.1 Å². The normalized spacial score (nSPS) is 18.0. The third-order valence-electron chi connectivity index (χ3n) is 7.58. The minimum absolute atomic E-state index is 0.0938. The van der Waals surface area contributed by atoms with Gasteiger partial charge in [0.15, 0.2) is 6.73 Å². The number of fused-ring (bicyclic) bond motifs is 2. The second kappa shape index (κ2) is 11.9. The van der Waals surface area contributed by atoms with Gasteiger partial charge >= 0.3 is 6.16 Å². The van der Waals surface area contributed by atoms with Gasteiger partial charge in [-0.05, 0) is 67.5 Å². The van der Waals surface area contributed by atoms with Gasteiger partial charge in [-0.3, -0.25) is 4.90 Å². The van der Waals surface area contributed by atoms with Crippen molar-refractivity contribution >= 4 is 50.9 Å². The third kappa shape index (κ3) is 6.43. The number of aliphatic hydroxyl groups excluding tert-OH is 1. The fourth-order valence-corrected chi connectivity index (χ4v) is 6.55. The number of carbonyl (C=O) groups excluding carboxylic acids is 1. The van der Waals surface area contributed by atoms with E-state index in [1.165, 1.54) is 10.1 Å². The van der Waals surface area contributed by atoms with Crippen molar-refractivity contribution in [2.75, 3.05) is 49.3 Å². The molecule has 0 aliphatic carbocycles. The van der Waals surface area contributed by atoms with Crippen molar-refractivity contribution in [3.8, 4) is 0 Å². The molecular weight excluding hydrogens is 536 g/mol. The zero-order valence-corrected chi connectivity index (χ0v) is 24.4. The summed E-state index contributed by atoms with van der Waals surface area (Å²) in [6, 6.07) is 12.4. The molecule has 0 radical (unpaired) electrons. The Hall–Kier alpha value is -2.59. The molecule has 1 aromatic heterocycles. The van der Waals surface area contributed by atoms with Crippen LogP contribution in [0.4, 0.5) is 16.3 Å². The van der Waals surface area contributed by atoms with E-state index in [1.807, 2.05) is 26.8 Å². The molecule has 2 aliphatic heterocycles. The van der Waals surface area contributed by atoms with Gasteiger partial charge in [0.25, 0.3) is 0 Å². The van der Waals surface area contributed by atoms with E-state index in [0.717, 1.165) is 74.6 Å². The number of aliphatic hydroxyl groups is 1. The summed E-state index contributed by atoms with van der Waals surface area (Å²) in [5, 5.41) is 12.6. The molecule has 10 heteroatoms. The number of piperazine rings is 1. The molecule has 1 atom stereocenters. The number of halogens is 1. The number of benzene rings is 2. The van der Waals surface area contributed by atoms with Crippen LogP contribution in [0.5, 0.6) is 0 Å². The summed E-state index contributed by atoms with van der Waals surface area (Å²) in [5.41, 5.74) is 2.28. The molecule has 2 aliphatic rings. The quantitative estimate of drug-likeness (QED) is 0.328. The highest BCUT2D eigenvalue weighted by Gasteiger charge is 2.31. The summed E-state index contributed by atoms with van der Waals surface area (Å²) in [6.07, 6.45) is 1.42. The Labute approximate surface area is 239 Å². The number of carbonyl (C=O) groups is 1. The van der Waals surface area contributed by atoms with E-state index in [1.54, 1.807) is 16.4 Å². The van der Waals surface area contributed by atoms with Crippen LogP contribution in [-0.2, 0) is 22.3 Å². The maximum absolute atomic E-state index is 12.2. The van der Waals surface area contributed by atoms with Crippen LogP contribution in [0.1, 0.15) is 44.7 Å². The minimum Gasteiger partial charge on any atom is -0.428 e. The molecule has 8 nitrogen and oxygen atoms in total. The van der Waals surface area contributed by atoms with Crippen molar-refractivity contribution in [3.63, 3.8) is 0 Å². The zero-order chi connectivity index (χ0) is 27.6. The highest BCUT2D eigenvalue weighted by atomic mass is 35.5. The molecule has 2 aromatic carbocycles. The van der Waals surface area contributed by atoms with Crippen LogP contribution in [0, 0.1) is 0 Å². The molecule has 0 spiro atoms. The van der Waals surface area contributed by atoms with Gasteiger partial charge < -0.3 is 24.4 Å². The molecule has 0 amide bonds. The molecule has 210 valence electrons. The molecule has 0 bridgehead atoms. The summed E-state index contributed by atoms with van der Waals surface area (Å²) in [6.45, 7) is 10.4. The summed E-state index contributed by atoms with van der Waals surface area (Å²) in [4.78, 5) is 18.7. The van der Waals surface area contributed by atoms with Gasteiger partial charge in [0, 0.05) is 55.2 Å². The Morgan fingerprint density at radius 2 is 1.97 bits per heavy atom. The first kappa shape index (κ1) is 28.0. The van der Waals surface area contributed by atoms with Gasteiger partial charge in [-0.25, -0.2) is 4.79 Å². The van der Waals surface area contributed by atoms with Crippen LogP contribution in [-0.4, -0.2) is 71.8 Å². The SMILES string of the molecule is CCCC(C)(C)OC(=O)OCN1c2cc(Cl)c(CCN3CCN(c4nsc5ccccc45)CC3)cc2CC1O. The Bertz CT molecular complexity index is 1310. The summed E-state index contributed by atoms with van der Waals surface area (Å²) < 4.78 is 16.7. The maximum Gasteiger partial charge on any atom is 0.510 e. The van der Waals surface area contributed by atoms with E-state index >= 15 is 0 Å². The monoisotopic (exact) mass is 572 g/mol. The predicted octanol–water partition coefficient (Wildman–Crippen LogP) is 5.68. The molecule has 1 fully saturated rings. The molecular formula is C29H37ClN4O4S. The van der Waals surface area contributed by atoms with Crippen molar-refractivity contribution in [2.24, 2.45) is 0 Å². The van der Waals surface area contributed by atoms with Crippen LogP contribution in [0.3, 0.4) is 0 Å². The number of ether oxygens (including phenoxy) is 2. The first-order valence-corrected chi connectivity index (χ1v) is 14.8. The second-order valence-electron chi connectivity index (χ2n) is 10.9. The van der Waals surface area contributed by atoms with Crippen molar-refractivity contribution in [1.82, 2.24) is 9.27 Å². The van der Waals surface area contributed by atoms with Gasteiger partial charge in [-0.1, -0.05) is 43.1 Å². The number of hydrogen-bond acceptors (Lipinski definition) is 9. The van der Waals surface area contributed by atoms with E-state index in [-0.39, 0.29) is 6.73 Å². The molecule has 39 heavy (non-hydrogen) atoms. The van der Waals surface area contributed by atoms with E-state index in [2.05, 4.69) is 40.1 Å². The summed E-state index contributed by atoms with van der Waals surface area (Å²) >= 11 is 8.26. The Balaban J connectivity index is 1.14. The topological polar surface area (TPSA) is 78.4 Å². The standard InChI is InChI=1S/C29H37ClN4O4S/c1-4-10-29(2,3)38-28(36)37-19-34-24-18-23(30)20(16-21(24)17-26(34)35)9-11-32-12-14-33(15-13-32)27-22-7-5-6-8-25(22)39-31-27/h5-8,16,18,26,35H,4,9-15,17,19H2,1-3H3. The first-order valence-electron chi connectivity index (χ1n) is 13.7. The lowest BCUT2D eigenvalue weighted by molar-refractivity contribution is -0.0233. The summed E-state index contributed by atoms with van der Waals surface area (Å²) in [5.74, 6) is 1.10. The number of aromatic nitrogens is 1. The second-order valence-corrected chi connectivity index (χ2v) is 12.2. The molecule has 1 N–H and O–H groups in total. The lowest BCUT2D eigenvalue weighted by atomic mass is 10.0. The van der Waals surface area contributed by atoms with Gasteiger partial charge in [0.2, 0.25) is 0 Å². The van der Waals surface area contributed by atoms with Crippen LogP contribution < -0.4 is 9.80 Å². The van der Waals surface area contributed by atoms with Gasteiger partial charge in [-0.2, -0.15) is 4.37 Å². The lowest BCUT2D eigenvalue weighted by Gasteiger charge is -2.35. The van der Waals surface area contributed by atoms with Crippen molar-refractivity contribution in [1.29, 1.82) is 0 Å². The van der Waals surface area contributed by atoms with Gasteiger partial charge in [0.05, 0.1) is 4.70 Å². The number of hydrogen-bond donors (Lipinski definition) is 1. The molecule has 1 unspecified atom stereocenters. The van der Waals surface area contributed by atoms with E-state index in [9.17, 15) is 9.90 Å². The van der Waals surface area contributed by atoms with Crippen LogP contribution in [0.2, 0.25) is 5.02 Å². The Kier molecular flexibility index (Phi) is 8.52. The number of anilines is 2. The van der Waals surface area contributed by atoms with E-state index in [4.69, 9.17) is 25.4 Å². The molecule has 3 heterocycles. The summed E-state index contributed by atoms with van der Waals surface area (Å²) in [7, 11) is 0. The first-order chi connectivity index (χ1) is 18.7. The lowest BCUT2D eigenvalue weighted by Crippen LogP contribution is -2.47. The maximum atomic E-state index is 12.2. The van der Waals surface area contributed by atoms with Gasteiger partial charge in [-0.15, -0.1) is 0 Å². The average molecular weight is 573 g/mol. The van der Waals surface area contributed by atoms with E-state index < -0.39 is 18.0 Å². The number of nitrogens with zero attached hydrogens (tertiary/aromatic N) is 4. The molecule has 3 aromatic rings. The Morgan fingerprint density at radius 1 is 1.21 bits per heavy atom. The van der Waals surface area contributed by atoms with Crippen molar-refractivity contribution in [3.05, 3.63) is 52.5 Å². The smallest absolute Gasteiger partial charge is 0.428 e. The molecule has 1 saturated heterocycles. The fourth-order valence-electron chi connectivity index (χ4n) is 5.50. The van der Waals surface area contributed by atoms with Gasteiger partial charge in [0.1, 0.15) is 17.6 Å². The highest BCUT2D eigenvalue weighted by Crippen LogP contribution is 2.36. The largest absolute Gasteiger partial charge is 0.510 e. The van der Waals surface area contributed by atoms with Crippen molar-refractivity contribution < 1.29 is 19.4 Å². The predicted molar refractivity (Wildman–Crippen MR) is 157 cm³/mol. The molecule has 0 saturated carbocycles. The molecule has 5 rings (SSSR count). The Morgan fingerprint density at radius 3 is 2.74 bits per heavy atom. The number of rotatable bonds is 9. The van der Waals surface area contributed by atoms with E-state index in [0.29, 0.717) is 11.4 Å². The average Bonchev–Trinajstić information content (AvgIpc) is 3.46. The minimum atomic E-state index is -0.780. The third-order valence-corrected chi connectivity index (χ3v) is 8.75. The van der Waals surface area contributed by atoms with Crippen LogP contribution >= 0.6 is 23.1 Å². The fraction of sp³-hybridized carbons (Fsp3) is 0.517. The van der Waals surface area contributed by atoms with Crippen molar-refractivity contribution in [2.45, 2.75) is 58.3 Å².